The number of hydrogen-bond donors (Lipinski definition) is 1. The first-order chi connectivity index (χ1) is 10.2. The van der Waals surface area contributed by atoms with Gasteiger partial charge in [-0.05, 0) is 36.1 Å². The molecule has 0 bridgehead atoms. The fourth-order valence-corrected chi connectivity index (χ4v) is 2.98. The molecular formula is C18H20N2O. The van der Waals surface area contributed by atoms with Crippen molar-refractivity contribution >= 4 is 11.6 Å². The first kappa shape index (κ1) is 13.8. The van der Waals surface area contributed by atoms with Crippen LogP contribution in [0.5, 0.6) is 0 Å². The van der Waals surface area contributed by atoms with Crippen molar-refractivity contribution in [3.05, 3.63) is 65.2 Å². The van der Waals surface area contributed by atoms with Gasteiger partial charge in [-0.25, -0.2) is 0 Å². The van der Waals surface area contributed by atoms with Crippen LogP contribution in [-0.4, -0.2) is 12.5 Å². The van der Waals surface area contributed by atoms with Gasteiger partial charge in [0.25, 0.3) is 5.91 Å². The second-order valence-electron chi connectivity index (χ2n) is 5.42. The summed E-state index contributed by atoms with van der Waals surface area (Å²) in [5.41, 5.74) is 10.1. The summed E-state index contributed by atoms with van der Waals surface area (Å²) < 4.78 is 0. The van der Waals surface area contributed by atoms with Crippen LogP contribution in [0.25, 0.3) is 0 Å². The lowest BCUT2D eigenvalue weighted by Crippen LogP contribution is -2.38. The lowest BCUT2D eigenvalue weighted by Gasteiger charge is -2.33. The van der Waals surface area contributed by atoms with E-state index in [1.807, 2.05) is 53.4 Å². The zero-order valence-electron chi connectivity index (χ0n) is 12.3. The number of para-hydroxylation sites is 1. The average molecular weight is 280 g/mol. The summed E-state index contributed by atoms with van der Waals surface area (Å²) in [5, 5.41) is 0. The highest BCUT2D eigenvalue weighted by Gasteiger charge is 2.27. The number of hydrogen-bond acceptors (Lipinski definition) is 2. The Kier molecular flexibility index (Phi) is 3.76. The monoisotopic (exact) mass is 280 g/mol. The van der Waals surface area contributed by atoms with Gasteiger partial charge in [0.15, 0.2) is 0 Å². The van der Waals surface area contributed by atoms with Gasteiger partial charge in [-0.2, -0.15) is 0 Å². The maximum Gasteiger partial charge on any atom is 0.258 e. The summed E-state index contributed by atoms with van der Waals surface area (Å²) in [6, 6.07) is 15.8. The van der Waals surface area contributed by atoms with Crippen molar-refractivity contribution in [3.8, 4) is 0 Å². The topological polar surface area (TPSA) is 46.3 Å². The largest absolute Gasteiger partial charge is 0.324 e. The molecule has 2 aromatic carbocycles. The van der Waals surface area contributed by atoms with Crippen molar-refractivity contribution < 1.29 is 4.79 Å². The van der Waals surface area contributed by atoms with Crippen LogP contribution in [0.15, 0.2) is 48.5 Å². The quantitative estimate of drug-likeness (QED) is 0.917. The maximum atomic E-state index is 12.9. The third kappa shape index (κ3) is 2.45. The number of fused-ring (bicyclic) bond motifs is 1. The average Bonchev–Trinajstić information content (AvgIpc) is 2.55. The number of aryl methyl sites for hydroxylation is 1. The number of rotatable bonds is 2. The number of carbonyl (C=O) groups is 1. The third-order valence-corrected chi connectivity index (χ3v) is 4.16. The Morgan fingerprint density at radius 2 is 1.90 bits per heavy atom. The minimum Gasteiger partial charge on any atom is -0.324 e. The molecule has 0 spiro atoms. The van der Waals surface area contributed by atoms with E-state index in [9.17, 15) is 4.79 Å². The highest BCUT2D eigenvalue weighted by Crippen LogP contribution is 2.33. The first-order valence-electron chi connectivity index (χ1n) is 7.46. The van der Waals surface area contributed by atoms with Crippen LogP contribution < -0.4 is 10.6 Å². The number of nitrogens with two attached hydrogens (primary N) is 1. The standard InChI is InChI=1S/C18H20N2O/c1-2-13-7-3-4-8-14(13)18(21)20-12-11-16(19)15-9-5-6-10-17(15)20/h3-10,16H,2,11-12,19H2,1H3. The van der Waals surface area contributed by atoms with Gasteiger partial charge in [0.2, 0.25) is 0 Å². The van der Waals surface area contributed by atoms with E-state index < -0.39 is 0 Å². The van der Waals surface area contributed by atoms with E-state index in [0.717, 1.165) is 35.2 Å². The van der Waals surface area contributed by atoms with Crippen molar-refractivity contribution in [2.24, 2.45) is 5.73 Å². The zero-order chi connectivity index (χ0) is 14.8. The number of amides is 1. The lowest BCUT2D eigenvalue weighted by atomic mass is 9.95. The van der Waals surface area contributed by atoms with Crippen molar-refractivity contribution in [1.82, 2.24) is 0 Å². The minimum atomic E-state index is 0.0201. The van der Waals surface area contributed by atoms with Crippen molar-refractivity contribution in [3.63, 3.8) is 0 Å². The number of nitrogens with zero attached hydrogens (tertiary/aromatic N) is 1. The normalized spacial score (nSPS) is 17.4. The molecule has 1 heterocycles. The zero-order valence-corrected chi connectivity index (χ0v) is 12.3. The predicted octanol–water partition coefficient (Wildman–Crippen LogP) is 3.30. The van der Waals surface area contributed by atoms with Crippen LogP contribution in [0.2, 0.25) is 0 Å². The van der Waals surface area contributed by atoms with Crippen LogP contribution in [0, 0.1) is 0 Å². The van der Waals surface area contributed by atoms with Crippen LogP contribution in [0.3, 0.4) is 0 Å². The van der Waals surface area contributed by atoms with Gasteiger partial charge >= 0.3 is 0 Å². The summed E-state index contributed by atoms with van der Waals surface area (Å²) in [6.07, 6.45) is 1.66. The molecule has 1 aliphatic heterocycles. The van der Waals surface area contributed by atoms with E-state index in [1.165, 1.54) is 0 Å². The van der Waals surface area contributed by atoms with Gasteiger partial charge in [0.05, 0.1) is 0 Å². The van der Waals surface area contributed by atoms with Gasteiger partial charge in [0, 0.05) is 23.8 Å². The van der Waals surface area contributed by atoms with E-state index in [4.69, 9.17) is 5.73 Å². The molecule has 1 atom stereocenters. The Morgan fingerprint density at radius 1 is 1.19 bits per heavy atom. The van der Waals surface area contributed by atoms with Gasteiger partial charge < -0.3 is 10.6 Å². The molecule has 3 rings (SSSR count). The maximum absolute atomic E-state index is 12.9. The van der Waals surface area contributed by atoms with Gasteiger partial charge in [0.1, 0.15) is 0 Å². The molecule has 1 unspecified atom stereocenters. The Labute approximate surface area is 125 Å². The number of carbonyl (C=O) groups excluding carboxylic acids is 1. The molecule has 0 aliphatic carbocycles. The van der Waals surface area contributed by atoms with E-state index in [-0.39, 0.29) is 11.9 Å². The first-order valence-corrected chi connectivity index (χ1v) is 7.46. The molecule has 2 aromatic rings. The lowest BCUT2D eigenvalue weighted by molar-refractivity contribution is 0.0983. The fourth-order valence-electron chi connectivity index (χ4n) is 2.98. The van der Waals surface area contributed by atoms with Gasteiger partial charge in [-0.15, -0.1) is 0 Å². The van der Waals surface area contributed by atoms with Gasteiger partial charge in [-0.1, -0.05) is 43.3 Å². The molecule has 0 saturated carbocycles. The van der Waals surface area contributed by atoms with Crippen LogP contribution in [-0.2, 0) is 6.42 Å². The molecule has 1 aliphatic rings. The van der Waals surface area contributed by atoms with Crippen LogP contribution >= 0.6 is 0 Å². The second kappa shape index (κ2) is 5.70. The Bertz CT molecular complexity index is 666. The van der Waals surface area contributed by atoms with Crippen LogP contribution in [0.4, 0.5) is 5.69 Å². The molecule has 0 radical (unpaired) electrons. The highest BCUT2D eigenvalue weighted by atomic mass is 16.2. The Hall–Kier alpha value is -2.13. The third-order valence-electron chi connectivity index (χ3n) is 4.16. The van der Waals surface area contributed by atoms with Gasteiger partial charge in [-0.3, -0.25) is 4.79 Å². The molecule has 108 valence electrons. The summed E-state index contributed by atoms with van der Waals surface area (Å²) in [6.45, 7) is 2.75. The van der Waals surface area contributed by atoms with E-state index in [0.29, 0.717) is 6.54 Å². The summed E-state index contributed by atoms with van der Waals surface area (Å²) in [4.78, 5) is 14.8. The predicted molar refractivity (Wildman–Crippen MR) is 85.5 cm³/mol. The summed E-state index contributed by atoms with van der Waals surface area (Å²) in [7, 11) is 0. The van der Waals surface area contributed by atoms with E-state index in [2.05, 4.69) is 6.92 Å². The Balaban J connectivity index is 2.01. The SMILES string of the molecule is CCc1ccccc1C(=O)N1CCC(N)c2ccccc21. The van der Waals surface area contributed by atoms with E-state index in [1.54, 1.807) is 0 Å². The minimum absolute atomic E-state index is 0.0201. The van der Waals surface area contributed by atoms with Crippen molar-refractivity contribution in [2.45, 2.75) is 25.8 Å². The fraction of sp³-hybridized carbons (Fsp3) is 0.278. The molecule has 0 saturated heterocycles. The molecule has 0 fully saturated rings. The Morgan fingerprint density at radius 3 is 2.71 bits per heavy atom. The highest BCUT2D eigenvalue weighted by molar-refractivity contribution is 6.07. The smallest absolute Gasteiger partial charge is 0.258 e. The molecular weight excluding hydrogens is 260 g/mol. The molecule has 0 aromatic heterocycles. The molecule has 3 nitrogen and oxygen atoms in total. The molecule has 1 amide bonds. The summed E-state index contributed by atoms with van der Waals surface area (Å²) >= 11 is 0. The van der Waals surface area contributed by atoms with Crippen molar-refractivity contribution in [2.75, 3.05) is 11.4 Å². The molecule has 2 N–H and O–H groups in total. The van der Waals surface area contributed by atoms with E-state index >= 15 is 0 Å². The molecule has 21 heavy (non-hydrogen) atoms. The van der Waals surface area contributed by atoms with Crippen LogP contribution in [0.1, 0.15) is 40.9 Å². The second-order valence-corrected chi connectivity index (χ2v) is 5.42. The summed E-state index contributed by atoms with van der Waals surface area (Å²) in [5.74, 6) is 0.0757. The molecule has 3 heteroatoms. The number of anilines is 1. The number of benzene rings is 2. The van der Waals surface area contributed by atoms with Crippen molar-refractivity contribution in [1.29, 1.82) is 0 Å².